The molecule has 0 saturated carbocycles. The number of esters is 1. The zero-order chi connectivity index (χ0) is 13.7. The molecule has 18 heavy (non-hydrogen) atoms. The van der Waals surface area contributed by atoms with Gasteiger partial charge in [0.15, 0.2) is 0 Å². The fourth-order valence-corrected chi connectivity index (χ4v) is 2.05. The van der Waals surface area contributed by atoms with Crippen molar-refractivity contribution in [2.75, 3.05) is 12.4 Å². The third kappa shape index (κ3) is 4.06. The molecule has 0 aliphatic heterocycles. The summed E-state index contributed by atoms with van der Waals surface area (Å²) in [6, 6.07) is 5.98. The first kappa shape index (κ1) is 14.6. The van der Waals surface area contributed by atoms with Crippen molar-refractivity contribution in [2.24, 2.45) is 5.92 Å². The topological polar surface area (TPSA) is 38.3 Å². The number of nitrogens with one attached hydrogen (secondary N) is 1. The smallest absolute Gasteiger partial charge is 0.337 e. The van der Waals surface area contributed by atoms with Gasteiger partial charge in [0.25, 0.3) is 0 Å². The number of hydrogen-bond donors (Lipinski definition) is 1. The molecule has 0 aromatic heterocycles. The summed E-state index contributed by atoms with van der Waals surface area (Å²) >= 11 is 0. The summed E-state index contributed by atoms with van der Waals surface area (Å²) in [5, 5.41) is 3.45. The highest BCUT2D eigenvalue weighted by molar-refractivity contribution is 5.90. The second-order valence-corrected chi connectivity index (χ2v) is 5.20. The maximum absolute atomic E-state index is 11.5. The van der Waals surface area contributed by atoms with Gasteiger partial charge in [-0.25, -0.2) is 4.79 Å². The third-order valence-electron chi connectivity index (χ3n) is 2.89. The fourth-order valence-electron chi connectivity index (χ4n) is 2.05. The highest BCUT2D eigenvalue weighted by Crippen LogP contribution is 2.20. The monoisotopic (exact) mass is 249 g/mol. The highest BCUT2D eigenvalue weighted by atomic mass is 16.5. The van der Waals surface area contributed by atoms with E-state index in [1.165, 1.54) is 7.11 Å². The number of carbonyl (C=O) groups is 1. The van der Waals surface area contributed by atoms with E-state index in [0.29, 0.717) is 17.5 Å². The number of anilines is 1. The Morgan fingerprint density at radius 2 is 2.00 bits per heavy atom. The lowest BCUT2D eigenvalue weighted by atomic mass is 10.0. The van der Waals surface area contributed by atoms with Crippen LogP contribution in [-0.2, 0) is 4.74 Å². The van der Waals surface area contributed by atoms with Gasteiger partial charge >= 0.3 is 5.97 Å². The van der Waals surface area contributed by atoms with Gasteiger partial charge in [0.1, 0.15) is 0 Å². The van der Waals surface area contributed by atoms with Crippen LogP contribution in [0.1, 0.15) is 43.1 Å². The Morgan fingerprint density at radius 1 is 1.33 bits per heavy atom. The molecule has 1 N–H and O–H groups in total. The summed E-state index contributed by atoms with van der Waals surface area (Å²) in [5.74, 6) is 0.353. The van der Waals surface area contributed by atoms with Gasteiger partial charge < -0.3 is 10.1 Å². The minimum absolute atomic E-state index is 0.297. The molecule has 1 aromatic rings. The summed E-state index contributed by atoms with van der Waals surface area (Å²) in [4.78, 5) is 11.5. The SMILES string of the molecule is COC(=O)c1ccc(C)c(NC(C)CC(C)C)c1. The maximum atomic E-state index is 11.5. The minimum Gasteiger partial charge on any atom is -0.465 e. The van der Waals surface area contributed by atoms with E-state index in [1.54, 1.807) is 6.07 Å². The number of aryl methyl sites for hydroxylation is 1. The zero-order valence-corrected chi connectivity index (χ0v) is 11.9. The summed E-state index contributed by atoms with van der Waals surface area (Å²) in [7, 11) is 1.40. The maximum Gasteiger partial charge on any atom is 0.337 e. The van der Waals surface area contributed by atoms with Crippen molar-refractivity contribution in [3.8, 4) is 0 Å². The van der Waals surface area contributed by atoms with Gasteiger partial charge in [0.05, 0.1) is 12.7 Å². The van der Waals surface area contributed by atoms with E-state index in [1.807, 2.05) is 19.1 Å². The molecule has 1 atom stereocenters. The summed E-state index contributed by atoms with van der Waals surface area (Å²) in [6.07, 6.45) is 1.10. The van der Waals surface area contributed by atoms with Crippen LogP contribution in [0.25, 0.3) is 0 Å². The Labute approximate surface area is 110 Å². The van der Waals surface area contributed by atoms with Crippen molar-refractivity contribution < 1.29 is 9.53 Å². The predicted molar refractivity (Wildman–Crippen MR) is 75.1 cm³/mol. The number of ether oxygens (including phenoxy) is 1. The quantitative estimate of drug-likeness (QED) is 0.810. The molecular formula is C15H23NO2. The van der Waals surface area contributed by atoms with Crippen LogP contribution in [-0.4, -0.2) is 19.1 Å². The zero-order valence-electron chi connectivity index (χ0n) is 11.9. The molecule has 0 heterocycles. The number of benzene rings is 1. The summed E-state index contributed by atoms with van der Waals surface area (Å²) in [5.41, 5.74) is 2.73. The number of carbonyl (C=O) groups excluding carboxylic acids is 1. The van der Waals surface area contributed by atoms with Gasteiger partial charge in [-0.15, -0.1) is 0 Å². The van der Waals surface area contributed by atoms with E-state index < -0.39 is 0 Å². The van der Waals surface area contributed by atoms with Crippen molar-refractivity contribution in [1.82, 2.24) is 0 Å². The van der Waals surface area contributed by atoms with Gasteiger partial charge in [-0.1, -0.05) is 19.9 Å². The lowest BCUT2D eigenvalue weighted by molar-refractivity contribution is 0.0601. The van der Waals surface area contributed by atoms with Crippen LogP contribution in [0, 0.1) is 12.8 Å². The average Bonchev–Trinajstić information content (AvgIpc) is 2.30. The van der Waals surface area contributed by atoms with Crippen molar-refractivity contribution in [2.45, 2.75) is 40.2 Å². The van der Waals surface area contributed by atoms with Crippen molar-refractivity contribution in [3.63, 3.8) is 0 Å². The summed E-state index contributed by atoms with van der Waals surface area (Å²) in [6.45, 7) is 8.60. The molecule has 0 bridgehead atoms. The lowest BCUT2D eigenvalue weighted by Crippen LogP contribution is -2.18. The molecule has 0 radical (unpaired) electrons. The van der Waals surface area contributed by atoms with Gasteiger partial charge in [0.2, 0.25) is 0 Å². The molecule has 0 spiro atoms. The number of rotatable bonds is 5. The van der Waals surface area contributed by atoms with Crippen LogP contribution >= 0.6 is 0 Å². The van der Waals surface area contributed by atoms with E-state index in [0.717, 1.165) is 17.7 Å². The third-order valence-corrected chi connectivity index (χ3v) is 2.89. The van der Waals surface area contributed by atoms with Gasteiger partial charge in [-0.3, -0.25) is 0 Å². The Morgan fingerprint density at radius 3 is 2.56 bits per heavy atom. The summed E-state index contributed by atoms with van der Waals surface area (Å²) < 4.78 is 4.73. The van der Waals surface area contributed by atoms with E-state index >= 15 is 0 Å². The Hall–Kier alpha value is -1.51. The van der Waals surface area contributed by atoms with Crippen molar-refractivity contribution in [3.05, 3.63) is 29.3 Å². The van der Waals surface area contributed by atoms with Crippen molar-refractivity contribution >= 4 is 11.7 Å². The fraction of sp³-hybridized carbons (Fsp3) is 0.533. The second-order valence-electron chi connectivity index (χ2n) is 5.20. The average molecular weight is 249 g/mol. The van der Waals surface area contributed by atoms with E-state index in [9.17, 15) is 4.79 Å². The molecule has 0 aliphatic carbocycles. The van der Waals surface area contributed by atoms with Crippen LogP contribution in [0.15, 0.2) is 18.2 Å². The molecule has 100 valence electrons. The Kier molecular flexibility index (Phi) is 5.20. The Balaban J connectivity index is 2.84. The normalized spacial score (nSPS) is 12.3. The molecule has 0 aliphatic rings. The predicted octanol–water partition coefficient (Wildman–Crippen LogP) is 3.63. The molecule has 0 saturated heterocycles. The van der Waals surface area contributed by atoms with Crippen LogP contribution in [0.4, 0.5) is 5.69 Å². The standard InChI is InChI=1S/C15H23NO2/c1-10(2)8-12(4)16-14-9-13(15(17)18-5)7-6-11(14)3/h6-7,9-10,12,16H,8H2,1-5H3. The number of hydrogen-bond acceptors (Lipinski definition) is 3. The molecule has 3 nitrogen and oxygen atoms in total. The van der Waals surface area contributed by atoms with Crippen molar-refractivity contribution in [1.29, 1.82) is 0 Å². The highest BCUT2D eigenvalue weighted by Gasteiger charge is 2.10. The minimum atomic E-state index is -0.297. The molecule has 1 aromatic carbocycles. The van der Waals surface area contributed by atoms with E-state index in [4.69, 9.17) is 4.74 Å². The first-order valence-electron chi connectivity index (χ1n) is 6.39. The molecule has 1 unspecified atom stereocenters. The first-order valence-corrected chi connectivity index (χ1v) is 6.39. The Bertz CT molecular complexity index is 413. The van der Waals surface area contributed by atoms with Crippen LogP contribution < -0.4 is 5.32 Å². The van der Waals surface area contributed by atoms with E-state index in [-0.39, 0.29) is 5.97 Å². The molecule has 3 heteroatoms. The first-order chi connectivity index (χ1) is 8.43. The van der Waals surface area contributed by atoms with Gasteiger partial charge in [-0.05, 0) is 43.9 Å². The molecule has 0 fully saturated rings. The lowest BCUT2D eigenvalue weighted by Gasteiger charge is -2.19. The number of methoxy groups -OCH3 is 1. The van der Waals surface area contributed by atoms with E-state index in [2.05, 4.69) is 26.1 Å². The van der Waals surface area contributed by atoms with Crippen LogP contribution in [0.2, 0.25) is 0 Å². The molecule has 1 rings (SSSR count). The van der Waals surface area contributed by atoms with Gasteiger partial charge in [0, 0.05) is 11.7 Å². The largest absolute Gasteiger partial charge is 0.465 e. The molecular weight excluding hydrogens is 226 g/mol. The van der Waals surface area contributed by atoms with Gasteiger partial charge in [-0.2, -0.15) is 0 Å². The molecule has 0 amide bonds. The second kappa shape index (κ2) is 6.43. The van der Waals surface area contributed by atoms with Crippen LogP contribution in [0.3, 0.4) is 0 Å². The van der Waals surface area contributed by atoms with Crippen LogP contribution in [0.5, 0.6) is 0 Å².